The van der Waals surface area contributed by atoms with Gasteiger partial charge < -0.3 is 23.5 Å². The van der Waals surface area contributed by atoms with Crippen molar-refractivity contribution in [1.82, 2.24) is 4.90 Å². The van der Waals surface area contributed by atoms with Gasteiger partial charge in [-0.1, -0.05) is 20.8 Å². The average molecular weight is 390 g/mol. The Morgan fingerprint density at radius 3 is 2.19 bits per heavy atom. The molecule has 0 radical (unpaired) electrons. The second-order valence-corrected chi connectivity index (χ2v) is 14.3. The second-order valence-electron chi connectivity index (χ2n) is 9.51. The number of methoxy groups -OCH3 is 1. The molecular weight excluding hydrogens is 350 g/mol. The van der Waals surface area contributed by atoms with Gasteiger partial charge in [-0.3, -0.25) is 0 Å². The molecule has 0 aromatic carbocycles. The summed E-state index contributed by atoms with van der Waals surface area (Å²) in [5, 5.41) is 0.181. The molecule has 1 aliphatic heterocycles. The Balaban J connectivity index is 2.53. The first kappa shape index (κ1) is 23.4. The third-order valence-corrected chi connectivity index (χ3v) is 9.68. The Hall–Kier alpha value is -0.633. The number of likely N-dealkylation sites (tertiary alicyclic amines) is 1. The number of hydrogen-bond donors (Lipinski definition) is 0. The first-order valence-electron chi connectivity index (χ1n) is 9.53. The van der Waals surface area contributed by atoms with Crippen LogP contribution < -0.4 is 0 Å². The zero-order valence-electron chi connectivity index (χ0n) is 18.2. The van der Waals surface area contributed by atoms with Crippen LogP contribution in [0.4, 0.5) is 4.79 Å². The lowest BCUT2D eigenvalue weighted by atomic mass is 10.1. The second kappa shape index (κ2) is 9.04. The fraction of sp³-hybridized carbons (Fsp3) is 0.947. The molecule has 1 heterocycles. The van der Waals surface area contributed by atoms with Crippen molar-refractivity contribution in [3.63, 3.8) is 0 Å². The Morgan fingerprint density at radius 2 is 1.69 bits per heavy atom. The van der Waals surface area contributed by atoms with Crippen LogP contribution >= 0.6 is 0 Å². The molecule has 1 amide bonds. The topological polar surface area (TPSA) is 57.2 Å². The van der Waals surface area contributed by atoms with Crippen molar-refractivity contribution in [1.29, 1.82) is 0 Å². The third-order valence-electron chi connectivity index (χ3n) is 5.14. The van der Waals surface area contributed by atoms with Gasteiger partial charge in [0.15, 0.2) is 8.32 Å². The van der Waals surface area contributed by atoms with E-state index < -0.39 is 13.9 Å². The quantitative estimate of drug-likeness (QED) is 0.507. The van der Waals surface area contributed by atoms with Gasteiger partial charge in [-0.15, -0.1) is 0 Å². The highest BCUT2D eigenvalue weighted by Crippen LogP contribution is 2.36. The SMILES string of the molecule is CO[C@H]1CCN(C(=O)OC(C)(C)C)C[C@H]1OCCO[Si](C)(C)C(C)(C)C. The maximum Gasteiger partial charge on any atom is 0.410 e. The maximum absolute atomic E-state index is 12.3. The molecular formula is C19H39NO5Si. The predicted molar refractivity (Wildman–Crippen MR) is 106 cm³/mol. The highest BCUT2D eigenvalue weighted by molar-refractivity contribution is 6.74. The normalized spacial score (nSPS) is 22.4. The number of piperidine rings is 1. The number of carbonyl (C=O) groups excluding carboxylic acids is 1. The van der Waals surface area contributed by atoms with Gasteiger partial charge in [0.05, 0.1) is 25.9 Å². The van der Waals surface area contributed by atoms with E-state index in [0.717, 1.165) is 6.42 Å². The van der Waals surface area contributed by atoms with Crippen LogP contribution in [0.15, 0.2) is 0 Å². The molecule has 1 aliphatic rings. The number of hydrogen-bond acceptors (Lipinski definition) is 5. The maximum atomic E-state index is 12.3. The summed E-state index contributed by atoms with van der Waals surface area (Å²) in [5.41, 5.74) is -0.497. The highest BCUT2D eigenvalue weighted by atomic mass is 28.4. The monoisotopic (exact) mass is 389 g/mol. The summed E-state index contributed by atoms with van der Waals surface area (Å²) in [7, 11) is -0.0801. The van der Waals surface area contributed by atoms with Gasteiger partial charge in [-0.25, -0.2) is 4.79 Å². The molecule has 1 fully saturated rings. The van der Waals surface area contributed by atoms with Crippen LogP contribution in [0.5, 0.6) is 0 Å². The molecule has 0 spiro atoms. The Morgan fingerprint density at radius 1 is 1.08 bits per heavy atom. The van der Waals surface area contributed by atoms with Crippen molar-refractivity contribution in [2.75, 3.05) is 33.4 Å². The fourth-order valence-electron chi connectivity index (χ4n) is 2.53. The van der Waals surface area contributed by atoms with Crippen LogP contribution in [-0.2, 0) is 18.6 Å². The largest absolute Gasteiger partial charge is 0.444 e. The van der Waals surface area contributed by atoms with Gasteiger partial charge in [0.25, 0.3) is 0 Å². The van der Waals surface area contributed by atoms with E-state index in [-0.39, 0.29) is 23.3 Å². The van der Waals surface area contributed by atoms with Crippen LogP contribution in [0, 0.1) is 0 Å². The van der Waals surface area contributed by atoms with E-state index in [1.165, 1.54) is 0 Å². The van der Waals surface area contributed by atoms with E-state index in [9.17, 15) is 4.79 Å². The van der Waals surface area contributed by atoms with E-state index in [2.05, 4.69) is 33.9 Å². The average Bonchev–Trinajstić information content (AvgIpc) is 2.48. The molecule has 2 atom stereocenters. The molecule has 26 heavy (non-hydrogen) atoms. The molecule has 0 aromatic rings. The Kier molecular flexibility index (Phi) is 8.14. The molecule has 154 valence electrons. The van der Waals surface area contributed by atoms with Crippen molar-refractivity contribution in [2.24, 2.45) is 0 Å². The summed E-state index contributed by atoms with van der Waals surface area (Å²) in [6.45, 7) is 18.9. The molecule has 1 rings (SSSR count). The Labute approximate surface area is 160 Å². The van der Waals surface area contributed by atoms with E-state index in [4.69, 9.17) is 18.6 Å². The molecule has 0 saturated carbocycles. The van der Waals surface area contributed by atoms with Crippen LogP contribution in [-0.4, -0.2) is 70.5 Å². The first-order chi connectivity index (χ1) is 11.8. The van der Waals surface area contributed by atoms with E-state index in [1.54, 1.807) is 12.0 Å². The van der Waals surface area contributed by atoms with Crippen molar-refractivity contribution in [3.05, 3.63) is 0 Å². The predicted octanol–water partition coefficient (Wildman–Crippen LogP) is 4.05. The van der Waals surface area contributed by atoms with Crippen molar-refractivity contribution < 1.29 is 23.4 Å². The fourth-order valence-corrected chi connectivity index (χ4v) is 3.56. The lowest BCUT2D eigenvalue weighted by Gasteiger charge is -2.39. The van der Waals surface area contributed by atoms with Gasteiger partial charge in [0.1, 0.15) is 11.7 Å². The zero-order valence-corrected chi connectivity index (χ0v) is 19.2. The number of nitrogens with zero attached hydrogens (tertiary/aromatic N) is 1. The minimum Gasteiger partial charge on any atom is -0.444 e. The standard InChI is InChI=1S/C19H39NO5Si/c1-18(2,3)25-17(21)20-11-10-15(22-7)16(14-20)23-12-13-24-26(8,9)19(4,5)6/h15-16H,10-14H2,1-9H3/t15-,16+/m0/s1. The van der Waals surface area contributed by atoms with Gasteiger partial charge in [0.2, 0.25) is 0 Å². The van der Waals surface area contributed by atoms with Crippen LogP contribution in [0.3, 0.4) is 0 Å². The minimum absolute atomic E-state index is 0.0124. The summed E-state index contributed by atoms with van der Waals surface area (Å²) in [6, 6.07) is 0. The summed E-state index contributed by atoms with van der Waals surface area (Å²) < 4.78 is 23.2. The van der Waals surface area contributed by atoms with Crippen LogP contribution in [0.2, 0.25) is 18.1 Å². The Bertz CT molecular complexity index is 456. The van der Waals surface area contributed by atoms with Crippen molar-refractivity contribution in [3.8, 4) is 0 Å². The number of amides is 1. The van der Waals surface area contributed by atoms with E-state index in [0.29, 0.717) is 26.3 Å². The van der Waals surface area contributed by atoms with Gasteiger partial charge in [-0.2, -0.15) is 0 Å². The van der Waals surface area contributed by atoms with Crippen LogP contribution in [0.25, 0.3) is 0 Å². The molecule has 1 saturated heterocycles. The highest BCUT2D eigenvalue weighted by Gasteiger charge is 2.37. The van der Waals surface area contributed by atoms with E-state index in [1.807, 2.05) is 20.8 Å². The van der Waals surface area contributed by atoms with Gasteiger partial charge in [0, 0.05) is 13.7 Å². The number of ether oxygens (including phenoxy) is 3. The molecule has 0 aliphatic carbocycles. The summed E-state index contributed by atoms with van der Waals surface area (Å²) in [6.07, 6.45) is 0.271. The molecule has 0 N–H and O–H groups in total. The molecule has 6 nitrogen and oxygen atoms in total. The van der Waals surface area contributed by atoms with Gasteiger partial charge >= 0.3 is 6.09 Å². The summed E-state index contributed by atoms with van der Waals surface area (Å²) in [4.78, 5) is 14.0. The summed E-state index contributed by atoms with van der Waals surface area (Å²) in [5.74, 6) is 0. The number of rotatable bonds is 6. The first-order valence-corrected chi connectivity index (χ1v) is 12.4. The van der Waals surface area contributed by atoms with Crippen LogP contribution in [0.1, 0.15) is 48.0 Å². The third kappa shape index (κ3) is 7.17. The van der Waals surface area contributed by atoms with Crippen molar-refractivity contribution in [2.45, 2.75) is 83.9 Å². The lowest BCUT2D eigenvalue weighted by molar-refractivity contribution is -0.0995. The molecule has 7 heteroatoms. The van der Waals surface area contributed by atoms with Crippen molar-refractivity contribution >= 4 is 14.4 Å². The number of carbonyl (C=O) groups is 1. The molecule has 0 unspecified atom stereocenters. The van der Waals surface area contributed by atoms with E-state index >= 15 is 0 Å². The smallest absolute Gasteiger partial charge is 0.410 e. The summed E-state index contributed by atoms with van der Waals surface area (Å²) >= 11 is 0. The van der Waals surface area contributed by atoms with Gasteiger partial charge in [-0.05, 0) is 45.3 Å². The molecule has 0 bridgehead atoms. The minimum atomic E-state index is -1.77. The lowest BCUT2D eigenvalue weighted by Crippen LogP contribution is -2.52. The molecule has 0 aromatic heterocycles. The zero-order chi connectivity index (χ0) is 20.2.